The Bertz CT molecular complexity index is 453. The molecule has 0 heterocycles. The molecule has 116 valence electrons. The molecule has 0 amide bonds. The number of hydrogen-bond acceptors (Lipinski definition) is 4. The number of hydrogen-bond donors (Lipinski definition) is 1. The number of para-hydroxylation sites is 2. The summed E-state index contributed by atoms with van der Waals surface area (Å²) < 4.78 is 10.4. The molecular formula is C17H25NO3. The third kappa shape index (κ3) is 4.13. The van der Waals surface area contributed by atoms with E-state index >= 15 is 0 Å². The van der Waals surface area contributed by atoms with Crippen molar-refractivity contribution in [3.8, 4) is 5.75 Å². The van der Waals surface area contributed by atoms with Gasteiger partial charge in [-0.3, -0.25) is 0 Å². The maximum Gasteiger partial charge on any atom is 0.328 e. The Hall–Kier alpha value is -1.71. The summed E-state index contributed by atoms with van der Waals surface area (Å²) in [6.45, 7) is 0. The summed E-state index contributed by atoms with van der Waals surface area (Å²) in [4.78, 5) is 12.2. The summed E-state index contributed by atoms with van der Waals surface area (Å²) in [7, 11) is 3.09. The van der Waals surface area contributed by atoms with Crippen LogP contribution in [0.25, 0.3) is 0 Å². The standard InChI is InChI=1S/C17H25NO3/c1-20-15-12-8-7-11-14(15)18-16(17(19)21-2)13-9-5-3-4-6-10-13/h7-8,11-13,16,18H,3-6,9-10H2,1-2H3. The van der Waals surface area contributed by atoms with Crippen molar-refractivity contribution in [2.75, 3.05) is 19.5 Å². The first-order chi connectivity index (χ1) is 10.3. The molecule has 1 aromatic rings. The number of rotatable bonds is 5. The lowest BCUT2D eigenvalue weighted by Crippen LogP contribution is -2.38. The van der Waals surface area contributed by atoms with Crippen LogP contribution in [0.5, 0.6) is 5.75 Å². The van der Waals surface area contributed by atoms with Gasteiger partial charge in [-0.2, -0.15) is 0 Å². The second-order valence-electron chi connectivity index (χ2n) is 5.60. The molecule has 21 heavy (non-hydrogen) atoms. The van der Waals surface area contributed by atoms with Crippen molar-refractivity contribution in [1.29, 1.82) is 0 Å². The van der Waals surface area contributed by atoms with E-state index in [0.29, 0.717) is 5.92 Å². The maximum absolute atomic E-state index is 12.2. The van der Waals surface area contributed by atoms with Gasteiger partial charge in [-0.05, 0) is 30.9 Å². The van der Waals surface area contributed by atoms with Crippen LogP contribution in [-0.2, 0) is 9.53 Å². The van der Waals surface area contributed by atoms with Crippen LogP contribution in [-0.4, -0.2) is 26.2 Å². The van der Waals surface area contributed by atoms with Gasteiger partial charge in [0.05, 0.1) is 19.9 Å². The van der Waals surface area contributed by atoms with Crippen LogP contribution < -0.4 is 10.1 Å². The van der Waals surface area contributed by atoms with Crippen LogP contribution in [0.2, 0.25) is 0 Å². The van der Waals surface area contributed by atoms with Gasteiger partial charge < -0.3 is 14.8 Å². The lowest BCUT2D eigenvalue weighted by molar-refractivity contribution is -0.142. The normalized spacial score (nSPS) is 17.6. The summed E-state index contributed by atoms with van der Waals surface area (Å²) in [6, 6.07) is 7.38. The van der Waals surface area contributed by atoms with Crippen LogP contribution in [0, 0.1) is 5.92 Å². The molecule has 1 unspecified atom stereocenters. The van der Waals surface area contributed by atoms with Gasteiger partial charge in [-0.1, -0.05) is 37.8 Å². The average molecular weight is 291 g/mol. The van der Waals surface area contributed by atoms with E-state index in [-0.39, 0.29) is 12.0 Å². The molecule has 1 saturated carbocycles. The Kier molecular flexibility index (Phi) is 5.90. The van der Waals surface area contributed by atoms with Crippen molar-refractivity contribution in [3.05, 3.63) is 24.3 Å². The summed E-state index contributed by atoms with van der Waals surface area (Å²) in [5.74, 6) is 0.887. The molecule has 0 saturated heterocycles. The van der Waals surface area contributed by atoms with Gasteiger partial charge in [0.25, 0.3) is 0 Å². The average Bonchev–Trinajstić information content (AvgIpc) is 2.81. The zero-order chi connectivity index (χ0) is 15.1. The van der Waals surface area contributed by atoms with Gasteiger partial charge in [0.2, 0.25) is 0 Å². The number of anilines is 1. The number of esters is 1. The molecule has 0 radical (unpaired) electrons. The SMILES string of the molecule is COC(=O)C(Nc1ccccc1OC)C1CCCCCC1. The van der Waals surface area contributed by atoms with Crippen LogP contribution in [0.4, 0.5) is 5.69 Å². The molecule has 0 spiro atoms. The minimum Gasteiger partial charge on any atom is -0.495 e. The second-order valence-corrected chi connectivity index (χ2v) is 5.60. The van der Waals surface area contributed by atoms with Gasteiger partial charge in [0.15, 0.2) is 0 Å². The summed E-state index contributed by atoms with van der Waals surface area (Å²) >= 11 is 0. The molecule has 0 aromatic heterocycles. The summed E-state index contributed by atoms with van der Waals surface area (Å²) in [6.07, 6.45) is 7.04. The molecule has 0 bridgehead atoms. The second kappa shape index (κ2) is 7.91. The number of carbonyl (C=O) groups excluding carboxylic acids is 1. The first kappa shape index (κ1) is 15.7. The van der Waals surface area contributed by atoms with E-state index in [1.165, 1.54) is 32.8 Å². The number of nitrogens with one attached hydrogen (secondary N) is 1. The highest BCUT2D eigenvalue weighted by Crippen LogP contribution is 2.30. The molecule has 1 N–H and O–H groups in total. The third-order valence-electron chi connectivity index (χ3n) is 4.24. The van der Waals surface area contributed by atoms with Crippen LogP contribution in [0.15, 0.2) is 24.3 Å². The van der Waals surface area contributed by atoms with Crippen LogP contribution in [0.3, 0.4) is 0 Å². The van der Waals surface area contributed by atoms with E-state index in [4.69, 9.17) is 9.47 Å². The molecule has 1 aliphatic rings. The van der Waals surface area contributed by atoms with Crippen molar-refractivity contribution in [2.24, 2.45) is 5.92 Å². The van der Waals surface area contributed by atoms with E-state index in [9.17, 15) is 4.79 Å². The van der Waals surface area contributed by atoms with Gasteiger partial charge in [0.1, 0.15) is 11.8 Å². The van der Waals surface area contributed by atoms with Crippen molar-refractivity contribution in [1.82, 2.24) is 0 Å². The molecule has 1 aromatic carbocycles. The van der Waals surface area contributed by atoms with Crippen molar-refractivity contribution in [3.63, 3.8) is 0 Å². The Morgan fingerprint density at radius 1 is 1.14 bits per heavy atom. The molecule has 1 aliphatic carbocycles. The van der Waals surface area contributed by atoms with Gasteiger partial charge >= 0.3 is 5.97 Å². The van der Waals surface area contributed by atoms with Crippen molar-refractivity contribution >= 4 is 11.7 Å². The highest BCUT2D eigenvalue weighted by atomic mass is 16.5. The van der Waals surface area contributed by atoms with E-state index < -0.39 is 0 Å². The van der Waals surface area contributed by atoms with Gasteiger partial charge in [0, 0.05) is 0 Å². The van der Waals surface area contributed by atoms with E-state index in [0.717, 1.165) is 24.3 Å². The monoisotopic (exact) mass is 291 g/mol. The first-order valence-corrected chi connectivity index (χ1v) is 7.73. The lowest BCUT2D eigenvalue weighted by Gasteiger charge is -2.26. The Morgan fingerprint density at radius 2 is 1.81 bits per heavy atom. The highest BCUT2D eigenvalue weighted by molar-refractivity contribution is 5.80. The molecule has 1 fully saturated rings. The largest absolute Gasteiger partial charge is 0.495 e. The molecule has 4 heteroatoms. The Balaban J connectivity index is 2.17. The predicted molar refractivity (Wildman–Crippen MR) is 83.6 cm³/mol. The zero-order valence-corrected chi connectivity index (χ0v) is 12.9. The molecule has 0 aliphatic heterocycles. The number of carbonyl (C=O) groups is 1. The van der Waals surface area contributed by atoms with Gasteiger partial charge in [-0.25, -0.2) is 4.79 Å². The van der Waals surface area contributed by atoms with E-state index in [1.807, 2.05) is 24.3 Å². The summed E-state index contributed by atoms with van der Waals surface area (Å²) in [5.41, 5.74) is 0.847. The fourth-order valence-corrected chi connectivity index (χ4v) is 3.07. The van der Waals surface area contributed by atoms with E-state index in [2.05, 4.69) is 5.32 Å². The molecule has 2 rings (SSSR count). The molecule has 1 atom stereocenters. The van der Waals surface area contributed by atoms with E-state index in [1.54, 1.807) is 7.11 Å². The number of ether oxygens (including phenoxy) is 2. The van der Waals surface area contributed by atoms with Gasteiger partial charge in [-0.15, -0.1) is 0 Å². The quantitative estimate of drug-likeness (QED) is 0.665. The fraction of sp³-hybridized carbons (Fsp3) is 0.588. The first-order valence-electron chi connectivity index (χ1n) is 7.73. The lowest BCUT2D eigenvalue weighted by atomic mass is 9.91. The number of benzene rings is 1. The minimum atomic E-state index is -0.301. The van der Waals surface area contributed by atoms with Crippen molar-refractivity contribution < 1.29 is 14.3 Å². The zero-order valence-electron chi connectivity index (χ0n) is 12.9. The Labute approximate surface area is 126 Å². The van der Waals surface area contributed by atoms with Crippen LogP contribution in [0.1, 0.15) is 38.5 Å². The maximum atomic E-state index is 12.2. The summed E-state index contributed by atoms with van der Waals surface area (Å²) in [5, 5.41) is 3.35. The molecular weight excluding hydrogens is 266 g/mol. The Morgan fingerprint density at radius 3 is 2.43 bits per heavy atom. The highest BCUT2D eigenvalue weighted by Gasteiger charge is 2.30. The van der Waals surface area contributed by atoms with Crippen LogP contribution >= 0.6 is 0 Å². The fourth-order valence-electron chi connectivity index (χ4n) is 3.07. The molecule has 4 nitrogen and oxygen atoms in total. The minimum absolute atomic E-state index is 0.187. The van der Waals surface area contributed by atoms with Crippen molar-refractivity contribution in [2.45, 2.75) is 44.6 Å². The smallest absolute Gasteiger partial charge is 0.328 e. The number of methoxy groups -OCH3 is 2. The predicted octanol–water partition coefficient (Wildman–Crippen LogP) is 3.62. The third-order valence-corrected chi connectivity index (χ3v) is 4.24. The topological polar surface area (TPSA) is 47.6 Å².